The summed E-state index contributed by atoms with van der Waals surface area (Å²) in [5.41, 5.74) is -1.52. The molecule has 0 saturated carbocycles. The van der Waals surface area contributed by atoms with E-state index in [1.54, 1.807) is 0 Å². The van der Waals surface area contributed by atoms with Crippen molar-refractivity contribution in [3.8, 4) is 0 Å². The van der Waals surface area contributed by atoms with E-state index in [4.69, 9.17) is 0 Å². The number of benzene rings is 1. The topological polar surface area (TPSA) is 20.3 Å². The number of alkyl halides is 4. The van der Waals surface area contributed by atoms with Gasteiger partial charge in [-0.15, -0.1) is 0 Å². The molecule has 7 heteroatoms. The van der Waals surface area contributed by atoms with Crippen molar-refractivity contribution in [1.82, 2.24) is 4.90 Å². The quantitative estimate of drug-likeness (QED) is 0.581. The van der Waals surface area contributed by atoms with E-state index >= 15 is 0 Å². The van der Waals surface area contributed by atoms with Crippen molar-refractivity contribution >= 4 is 21.8 Å². The third-order valence-corrected chi connectivity index (χ3v) is 4.07. The second-order valence-electron chi connectivity index (χ2n) is 5.08. The van der Waals surface area contributed by atoms with Crippen molar-refractivity contribution in [2.24, 2.45) is 5.92 Å². The fraction of sp³-hybridized carbons (Fsp3) is 0.500. The van der Waals surface area contributed by atoms with Crippen LogP contribution in [0.5, 0.6) is 0 Å². The lowest BCUT2D eigenvalue weighted by Crippen LogP contribution is -2.29. The molecule has 1 heterocycles. The van der Waals surface area contributed by atoms with Crippen LogP contribution in [0.25, 0.3) is 0 Å². The van der Waals surface area contributed by atoms with E-state index in [-0.39, 0.29) is 0 Å². The summed E-state index contributed by atoms with van der Waals surface area (Å²) in [6.07, 6.45) is -2.92. The molecular formula is C14H14BrF4NO. The van der Waals surface area contributed by atoms with Crippen LogP contribution in [0.2, 0.25) is 0 Å². The van der Waals surface area contributed by atoms with Crippen molar-refractivity contribution in [1.29, 1.82) is 0 Å². The second kappa shape index (κ2) is 6.34. The molecule has 1 aromatic rings. The van der Waals surface area contributed by atoms with Crippen molar-refractivity contribution < 1.29 is 22.4 Å². The first-order valence-corrected chi connectivity index (χ1v) is 7.67. The van der Waals surface area contributed by atoms with Gasteiger partial charge in [-0.05, 0) is 37.0 Å². The molecule has 1 fully saturated rings. The average molecular weight is 368 g/mol. The van der Waals surface area contributed by atoms with Gasteiger partial charge in [-0.1, -0.05) is 15.9 Å². The van der Waals surface area contributed by atoms with Crippen LogP contribution in [0.1, 0.15) is 28.8 Å². The van der Waals surface area contributed by atoms with E-state index in [2.05, 4.69) is 15.9 Å². The molecule has 0 N–H and O–H groups in total. The van der Waals surface area contributed by atoms with Crippen LogP contribution < -0.4 is 0 Å². The molecule has 0 spiro atoms. The highest BCUT2D eigenvalue weighted by Gasteiger charge is 2.33. The van der Waals surface area contributed by atoms with Crippen LogP contribution in [0.4, 0.5) is 17.6 Å². The molecule has 1 amide bonds. The largest absolute Gasteiger partial charge is 0.416 e. The van der Waals surface area contributed by atoms with Gasteiger partial charge in [0, 0.05) is 18.4 Å². The molecule has 2 nitrogen and oxygen atoms in total. The summed E-state index contributed by atoms with van der Waals surface area (Å²) in [6.45, 7) is 0.909. The van der Waals surface area contributed by atoms with Gasteiger partial charge in [-0.2, -0.15) is 13.2 Å². The summed E-state index contributed by atoms with van der Waals surface area (Å²) in [5.74, 6) is -1.28. The SMILES string of the molecule is O=C(c1cc(C(F)(F)F)ccc1F)N1CCC(CCBr)C1. The number of halogens is 5. The predicted molar refractivity (Wildman–Crippen MR) is 73.8 cm³/mol. The maximum absolute atomic E-state index is 13.7. The van der Waals surface area contributed by atoms with Gasteiger partial charge in [-0.3, -0.25) is 4.79 Å². The smallest absolute Gasteiger partial charge is 0.338 e. The van der Waals surface area contributed by atoms with Gasteiger partial charge in [-0.25, -0.2) is 4.39 Å². The fourth-order valence-corrected chi connectivity index (χ4v) is 3.09. The number of hydrogen-bond acceptors (Lipinski definition) is 1. The molecule has 1 aliphatic heterocycles. The number of carbonyl (C=O) groups excluding carboxylic acids is 1. The molecule has 2 rings (SSSR count). The Bertz CT molecular complexity index is 532. The minimum atomic E-state index is -4.59. The molecule has 1 atom stereocenters. The monoisotopic (exact) mass is 367 g/mol. The molecule has 1 aromatic carbocycles. The molecule has 1 saturated heterocycles. The maximum atomic E-state index is 13.7. The first kappa shape index (κ1) is 16.3. The lowest BCUT2D eigenvalue weighted by atomic mass is 10.1. The van der Waals surface area contributed by atoms with Crippen molar-refractivity contribution in [3.05, 3.63) is 35.1 Å². The van der Waals surface area contributed by atoms with Crippen LogP contribution in [-0.2, 0) is 6.18 Å². The van der Waals surface area contributed by atoms with Crippen molar-refractivity contribution in [2.45, 2.75) is 19.0 Å². The number of hydrogen-bond donors (Lipinski definition) is 0. The minimum Gasteiger partial charge on any atom is -0.338 e. The summed E-state index contributed by atoms with van der Waals surface area (Å²) >= 11 is 3.32. The highest BCUT2D eigenvalue weighted by atomic mass is 79.9. The van der Waals surface area contributed by atoms with Gasteiger partial charge in [0.1, 0.15) is 5.82 Å². The van der Waals surface area contributed by atoms with E-state index in [1.807, 2.05) is 0 Å². The highest BCUT2D eigenvalue weighted by Crippen LogP contribution is 2.31. The number of carbonyl (C=O) groups is 1. The Morgan fingerprint density at radius 2 is 2.10 bits per heavy atom. The number of rotatable bonds is 3. The van der Waals surface area contributed by atoms with Crippen LogP contribution in [0, 0.1) is 11.7 Å². The minimum absolute atomic E-state index is 0.308. The normalized spacial score (nSPS) is 19.1. The summed E-state index contributed by atoms with van der Waals surface area (Å²) in [7, 11) is 0. The number of likely N-dealkylation sites (tertiary alicyclic amines) is 1. The Hall–Kier alpha value is -1.11. The summed E-state index contributed by atoms with van der Waals surface area (Å²) in [6, 6.07) is 1.93. The van der Waals surface area contributed by atoms with E-state index in [0.717, 1.165) is 18.2 Å². The van der Waals surface area contributed by atoms with E-state index in [0.29, 0.717) is 37.2 Å². The number of amides is 1. The molecule has 21 heavy (non-hydrogen) atoms. The Labute approximate surface area is 128 Å². The lowest BCUT2D eigenvalue weighted by molar-refractivity contribution is -0.137. The molecule has 116 valence electrons. The molecule has 0 bridgehead atoms. The zero-order valence-electron chi connectivity index (χ0n) is 11.1. The van der Waals surface area contributed by atoms with Gasteiger partial charge in [0.05, 0.1) is 11.1 Å². The standard InChI is InChI=1S/C14H14BrF4NO/c15-5-3-9-4-6-20(8-9)13(21)11-7-10(14(17,18)19)1-2-12(11)16/h1-2,7,9H,3-6,8H2. The van der Waals surface area contributed by atoms with Crippen LogP contribution in [-0.4, -0.2) is 29.2 Å². The second-order valence-corrected chi connectivity index (χ2v) is 5.87. The lowest BCUT2D eigenvalue weighted by Gasteiger charge is -2.18. The third kappa shape index (κ3) is 3.75. The molecular weight excluding hydrogens is 354 g/mol. The number of nitrogens with zero attached hydrogens (tertiary/aromatic N) is 1. The van der Waals surface area contributed by atoms with Crippen LogP contribution >= 0.6 is 15.9 Å². The molecule has 0 aromatic heterocycles. The Kier molecular flexibility index (Phi) is 4.91. The Morgan fingerprint density at radius 1 is 1.38 bits per heavy atom. The van der Waals surface area contributed by atoms with Gasteiger partial charge in [0.15, 0.2) is 0 Å². The Balaban J connectivity index is 2.20. The molecule has 0 radical (unpaired) electrons. The maximum Gasteiger partial charge on any atom is 0.416 e. The fourth-order valence-electron chi connectivity index (χ4n) is 2.44. The first-order chi connectivity index (χ1) is 9.82. The van der Waals surface area contributed by atoms with E-state index < -0.39 is 29.0 Å². The molecule has 0 aliphatic carbocycles. The third-order valence-electron chi connectivity index (χ3n) is 3.61. The zero-order chi connectivity index (χ0) is 15.6. The molecule has 1 aliphatic rings. The van der Waals surface area contributed by atoms with Gasteiger partial charge in [0.25, 0.3) is 5.91 Å². The van der Waals surface area contributed by atoms with E-state index in [1.165, 1.54) is 4.90 Å². The Morgan fingerprint density at radius 3 is 2.71 bits per heavy atom. The summed E-state index contributed by atoms with van der Waals surface area (Å²) in [4.78, 5) is 13.6. The highest BCUT2D eigenvalue weighted by molar-refractivity contribution is 9.09. The zero-order valence-corrected chi connectivity index (χ0v) is 12.7. The van der Waals surface area contributed by atoms with E-state index in [9.17, 15) is 22.4 Å². The first-order valence-electron chi connectivity index (χ1n) is 6.55. The summed E-state index contributed by atoms with van der Waals surface area (Å²) < 4.78 is 51.6. The summed E-state index contributed by atoms with van der Waals surface area (Å²) in [5, 5.41) is 0.803. The van der Waals surface area contributed by atoms with Crippen LogP contribution in [0.15, 0.2) is 18.2 Å². The van der Waals surface area contributed by atoms with Crippen molar-refractivity contribution in [2.75, 3.05) is 18.4 Å². The van der Waals surface area contributed by atoms with Gasteiger partial charge >= 0.3 is 6.18 Å². The van der Waals surface area contributed by atoms with Gasteiger partial charge < -0.3 is 4.90 Å². The predicted octanol–water partition coefficient (Wildman–Crippen LogP) is 4.09. The van der Waals surface area contributed by atoms with Crippen molar-refractivity contribution in [3.63, 3.8) is 0 Å². The van der Waals surface area contributed by atoms with Crippen LogP contribution in [0.3, 0.4) is 0 Å². The average Bonchev–Trinajstić information content (AvgIpc) is 2.86. The van der Waals surface area contributed by atoms with Gasteiger partial charge in [0.2, 0.25) is 0 Å². The molecule has 1 unspecified atom stereocenters.